The molecule has 1 heterocycles. The summed E-state index contributed by atoms with van der Waals surface area (Å²) >= 11 is 0. The second kappa shape index (κ2) is 7.68. The number of aromatic nitrogens is 1. The van der Waals surface area contributed by atoms with E-state index in [0.717, 1.165) is 0 Å². The third-order valence-corrected chi connectivity index (χ3v) is 2.22. The fourth-order valence-electron chi connectivity index (χ4n) is 1.42. The Kier molecular flexibility index (Phi) is 5.93. The van der Waals surface area contributed by atoms with Crippen molar-refractivity contribution >= 4 is 23.7 Å². The first-order chi connectivity index (χ1) is 9.92. The zero-order chi connectivity index (χ0) is 15.8. The van der Waals surface area contributed by atoms with E-state index in [2.05, 4.69) is 10.3 Å². The molecule has 2 amide bonds. The summed E-state index contributed by atoms with van der Waals surface area (Å²) in [6.45, 7) is 0.807. The van der Waals surface area contributed by atoms with Crippen LogP contribution in [0.25, 0.3) is 0 Å². The summed E-state index contributed by atoms with van der Waals surface area (Å²) in [4.78, 5) is 37.6. The summed E-state index contributed by atoms with van der Waals surface area (Å²) < 4.78 is 5.13. The van der Waals surface area contributed by atoms with Crippen LogP contribution >= 0.6 is 0 Å². The minimum atomic E-state index is -1.31. The van der Waals surface area contributed by atoms with Gasteiger partial charge in [0, 0.05) is 6.07 Å². The highest BCUT2D eigenvalue weighted by molar-refractivity contribution is 5.93. The molecule has 0 atom stereocenters. The summed E-state index contributed by atoms with van der Waals surface area (Å²) in [6.07, 6.45) is 1.32. The van der Waals surface area contributed by atoms with Gasteiger partial charge in [0.25, 0.3) is 0 Å². The van der Waals surface area contributed by atoms with Crippen molar-refractivity contribution in [1.29, 1.82) is 0 Å². The summed E-state index contributed by atoms with van der Waals surface area (Å²) in [7, 11) is 0. The van der Waals surface area contributed by atoms with Gasteiger partial charge in [-0.2, -0.15) is 0 Å². The summed E-state index contributed by atoms with van der Waals surface area (Å²) in [5.41, 5.74) is 0.296. The number of urea groups is 1. The maximum atomic E-state index is 11.8. The Balaban J connectivity index is 2.71. The Labute approximate surface area is 120 Å². The van der Waals surface area contributed by atoms with Crippen molar-refractivity contribution in [2.45, 2.75) is 6.92 Å². The van der Waals surface area contributed by atoms with Gasteiger partial charge in [0.1, 0.15) is 13.1 Å². The average molecular weight is 297 g/mol. The number of amides is 2. The highest BCUT2D eigenvalue weighted by Crippen LogP contribution is 2.12. The molecule has 0 aliphatic carbocycles. The van der Waals surface area contributed by atoms with Gasteiger partial charge in [0.15, 0.2) is 0 Å². The van der Waals surface area contributed by atoms with Crippen LogP contribution in [0.1, 0.15) is 6.92 Å². The Morgan fingerprint density at radius 1 is 1.24 bits per heavy atom. The van der Waals surface area contributed by atoms with Gasteiger partial charge in [0.05, 0.1) is 18.5 Å². The molecule has 0 saturated heterocycles. The Morgan fingerprint density at radius 3 is 2.29 bits per heavy atom. The van der Waals surface area contributed by atoms with E-state index in [9.17, 15) is 14.4 Å². The van der Waals surface area contributed by atoms with Crippen molar-refractivity contribution in [2.24, 2.45) is 0 Å². The van der Waals surface area contributed by atoms with Crippen molar-refractivity contribution in [3.05, 3.63) is 18.3 Å². The van der Waals surface area contributed by atoms with Gasteiger partial charge in [0.2, 0.25) is 5.88 Å². The van der Waals surface area contributed by atoms with Crippen LogP contribution < -0.4 is 10.1 Å². The number of rotatable bonds is 7. The highest BCUT2D eigenvalue weighted by atomic mass is 16.5. The van der Waals surface area contributed by atoms with Gasteiger partial charge in [-0.15, -0.1) is 0 Å². The Hall–Kier alpha value is -2.84. The van der Waals surface area contributed by atoms with Crippen LogP contribution in [0.4, 0.5) is 10.5 Å². The molecule has 1 rings (SSSR count). The first kappa shape index (κ1) is 16.2. The third-order valence-electron chi connectivity index (χ3n) is 2.22. The van der Waals surface area contributed by atoms with Gasteiger partial charge < -0.3 is 25.2 Å². The number of hydrogen-bond donors (Lipinski definition) is 3. The van der Waals surface area contributed by atoms with E-state index in [0.29, 0.717) is 23.1 Å². The molecular formula is C12H15N3O6. The minimum Gasteiger partial charge on any atom is -0.480 e. The lowest BCUT2D eigenvalue weighted by atomic mass is 10.4. The molecule has 0 bridgehead atoms. The maximum absolute atomic E-state index is 11.8. The van der Waals surface area contributed by atoms with E-state index in [-0.39, 0.29) is 0 Å². The van der Waals surface area contributed by atoms with Crippen LogP contribution in [0.2, 0.25) is 0 Å². The number of carboxylic acid groups (broad SMARTS) is 2. The number of pyridine rings is 1. The van der Waals surface area contributed by atoms with Crippen LogP contribution in [0.5, 0.6) is 5.88 Å². The summed E-state index contributed by atoms with van der Waals surface area (Å²) in [5.74, 6) is -2.24. The van der Waals surface area contributed by atoms with Crippen LogP contribution in [-0.4, -0.2) is 57.8 Å². The zero-order valence-electron chi connectivity index (χ0n) is 11.3. The number of aliphatic carboxylic acids is 2. The molecule has 1 aromatic rings. The number of carboxylic acids is 2. The largest absolute Gasteiger partial charge is 0.480 e. The van der Waals surface area contributed by atoms with Crippen molar-refractivity contribution in [2.75, 3.05) is 25.0 Å². The standard InChI is InChI=1S/C12H15N3O6/c1-2-21-9-4-3-8(5-13-9)14-12(20)15(6-10(16)17)7-11(18)19/h3-5H,2,6-7H2,1H3,(H,14,20)(H,16,17)(H,18,19). The molecule has 0 saturated carbocycles. The van der Waals surface area contributed by atoms with Gasteiger partial charge >= 0.3 is 18.0 Å². The molecule has 0 unspecified atom stereocenters. The first-order valence-corrected chi connectivity index (χ1v) is 6.00. The zero-order valence-corrected chi connectivity index (χ0v) is 11.3. The quantitative estimate of drug-likeness (QED) is 0.667. The predicted octanol–water partition coefficient (Wildman–Crippen LogP) is 0.483. The molecule has 3 N–H and O–H groups in total. The lowest BCUT2D eigenvalue weighted by molar-refractivity contribution is -0.140. The molecule has 1 aromatic heterocycles. The molecule has 0 spiro atoms. The SMILES string of the molecule is CCOc1ccc(NC(=O)N(CC(=O)O)CC(=O)O)cn1. The molecule has 0 aliphatic rings. The summed E-state index contributed by atoms with van der Waals surface area (Å²) in [6, 6.07) is 2.19. The number of carbonyl (C=O) groups is 3. The van der Waals surface area contributed by atoms with Crippen molar-refractivity contribution in [3.8, 4) is 5.88 Å². The van der Waals surface area contributed by atoms with Gasteiger partial charge in [-0.1, -0.05) is 0 Å². The number of hydrogen-bond acceptors (Lipinski definition) is 5. The fraction of sp³-hybridized carbons (Fsp3) is 0.333. The fourth-order valence-corrected chi connectivity index (χ4v) is 1.42. The predicted molar refractivity (Wildman–Crippen MR) is 71.3 cm³/mol. The molecule has 21 heavy (non-hydrogen) atoms. The lowest BCUT2D eigenvalue weighted by Crippen LogP contribution is -2.41. The molecule has 9 nitrogen and oxygen atoms in total. The number of carbonyl (C=O) groups excluding carboxylic acids is 1. The smallest absolute Gasteiger partial charge is 0.323 e. The first-order valence-electron chi connectivity index (χ1n) is 6.00. The average Bonchev–Trinajstić information content (AvgIpc) is 2.39. The number of ether oxygens (including phenoxy) is 1. The highest BCUT2D eigenvalue weighted by Gasteiger charge is 2.19. The van der Waals surface area contributed by atoms with E-state index in [1.165, 1.54) is 18.3 Å². The second-order valence-electron chi connectivity index (χ2n) is 3.89. The maximum Gasteiger partial charge on any atom is 0.323 e. The van der Waals surface area contributed by atoms with Crippen LogP contribution in [0.15, 0.2) is 18.3 Å². The van der Waals surface area contributed by atoms with Crippen molar-refractivity contribution in [1.82, 2.24) is 9.88 Å². The molecule has 0 aromatic carbocycles. The van der Waals surface area contributed by atoms with Crippen molar-refractivity contribution in [3.63, 3.8) is 0 Å². The molecule has 114 valence electrons. The number of nitrogens with one attached hydrogen (secondary N) is 1. The molecule has 9 heteroatoms. The molecule has 0 radical (unpaired) electrons. The molecule has 0 aliphatic heterocycles. The second-order valence-corrected chi connectivity index (χ2v) is 3.89. The number of nitrogens with zero attached hydrogens (tertiary/aromatic N) is 2. The van der Waals surface area contributed by atoms with Crippen LogP contribution in [0, 0.1) is 0 Å². The third kappa shape index (κ3) is 5.76. The molecule has 0 fully saturated rings. The van der Waals surface area contributed by atoms with Crippen molar-refractivity contribution < 1.29 is 29.3 Å². The van der Waals surface area contributed by atoms with E-state index >= 15 is 0 Å². The van der Waals surface area contributed by atoms with Crippen LogP contribution in [0.3, 0.4) is 0 Å². The Bertz CT molecular complexity index is 500. The normalized spacial score (nSPS) is 9.76. The minimum absolute atomic E-state index is 0.296. The van der Waals surface area contributed by atoms with Gasteiger partial charge in [-0.3, -0.25) is 9.59 Å². The monoisotopic (exact) mass is 297 g/mol. The van der Waals surface area contributed by atoms with Crippen LogP contribution in [-0.2, 0) is 9.59 Å². The van der Waals surface area contributed by atoms with E-state index < -0.39 is 31.1 Å². The van der Waals surface area contributed by atoms with E-state index in [4.69, 9.17) is 14.9 Å². The lowest BCUT2D eigenvalue weighted by Gasteiger charge is -2.18. The Morgan fingerprint density at radius 2 is 1.86 bits per heavy atom. The van der Waals surface area contributed by atoms with Gasteiger partial charge in [-0.25, -0.2) is 9.78 Å². The summed E-state index contributed by atoms with van der Waals surface area (Å²) in [5, 5.41) is 19.7. The van der Waals surface area contributed by atoms with Gasteiger partial charge in [-0.05, 0) is 13.0 Å². The van der Waals surface area contributed by atoms with E-state index in [1.54, 1.807) is 6.92 Å². The molecular weight excluding hydrogens is 282 g/mol. The van der Waals surface area contributed by atoms with E-state index in [1.807, 2.05) is 0 Å². The number of anilines is 1. The topological polar surface area (TPSA) is 129 Å².